The first-order valence-electron chi connectivity index (χ1n) is 5.88. The molecule has 0 aromatic heterocycles. The van der Waals surface area contributed by atoms with E-state index < -0.39 is 0 Å². The van der Waals surface area contributed by atoms with Gasteiger partial charge < -0.3 is 11.1 Å². The average Bonchev–Trinajstić information content (AvgIpc) is 2.43. The van der Waals surface area contributed by atoms with E-state index in [2.05, 4.69) is 5.32 Å². The number of rotatable bonds is 2. The predicted octanol–water partition coefficient (Wildman–Crippen LogP) is 3.35. The Bertz CT molecular complexity index is 720. The highest BCUT2D eigenvalue weighted by molar-refractivity contribution is 6.34. The van der Waals surface area contributed by atoms with Gasteiger partial charge in [0.15, 0.2) is 0 Å². The van der Waals surface area contributed by atoms with Gasteiger partial charge in [-0.2, -0.15) is 5.26 Å². The molecule has 4 nitrogen and oxygen atoms in total. The fourth-order valence-electron chi connectivity index (χ4n) is 1.70. The fraction of sp³-hybridized carbons (Fsp3) is 0.0667. The molecule has 20 heavy (non-hydrogen) atoms. The van der Waals surface area contributed by atoms with Crippen molar-refractivity contribution in [1.29, 1.82) is 5.26 Å². The predicted molar refractivity (Wildman–Crippen MR) is 79.7 cm³/mol. The number of hydrogen-bond acceptors (Lipinski definition) is 3. The third-order valence-corrected chi connectivity index (χ3v) is 3.19. The Morgan fingerprint density at radius 1 is 1.30 bits per heavy atom. The van der Waals surface area contributed by atoms with Crippen LogP contribution in [0.1, 0.15) is 21.5 Å². The van der Waals surface area contributed by atoms with Crippen LogP contribution in [0.2, 0.25) is 5.02 Å². The van der Waals surface area contributed by atoms with E-state index in [0.29, 0.717) is 27.5 Å². The van der Waals surface area contributed by atoms with Crippen LogP contribution in [0.5, 0.6) is 0 Å². The highest BCUT2D eigenvalue weighted by Crippen LogP contribution is 2.23. The van der Waals surface area contributed by atoms with Crippen LogP contribution in [-0.4, -0.2) is 5.91 Å². The highest BCUT2D eigenvalue weighted by atomic mass is 35.5. The Hall–Kier alpha value is -2.51. The van der Waals surface area contributed by atoms with Crippen LogP contribution in [0.3, 0.4) is 0 Å². The van der Waals surface area contributed by atoms with E-state index in [0.717, 1.165) is 5.56 Å². The van der Waals surface area contributed by atoms with Gasteiger partial charge in [0.05, 0.1) is 22.3 Å². The number of benzene rings is 2. The molecule has 0 fully saturated rings. The molecule has 3 N–H and O–H groups in total. The number of nitrogen functional groups attached to an aromatic ring is 1. The monoisotopic (exact) mass is 285 g/mol. The minimum atomic E-state index is -0.278. The molecule has 0 spiro atoms. The van der Waals surface area contributed by atoms with E-state index in [9.17, 15) is 4.79 Å². The maximum absolute atomic E-state index is 12.1. The van der Waals surface area contributed by atoms with Gasteiger partial charge in [0.1, 0.15) is 0 Å². The zero-order valence-corrected chi connectivity index (χ0v) is 11.5. The Labute approximate surface area is 121 Å². The van der Waals surface area contributed by atoms with Crippen LogP contribution in [0, 0.1) is 18.3 Å². The molecule has 2 aromatic carbocycles. The second-order valence-electron chi connectivity index (χ2n) is 4.33. The quantitative estimate of drug-likeness (QED) is 0.831. The van der Waals surface area contributed by atoms with Crippen LogP contribution in [-0.2, 0) is 0 Å². The van der Waals surface area contributed by atoms with Crippen LogP contribution in [0.4, 0.5) is 11.4 Å². The first-order valence-corrected chi connectivity index (χ1v) is 6.26. The molecule has 0 saturated heterocycles. The average molecular weight is 286 g/mol. The fourth-order valence-corrected chi connectivity index (χ4v) is 1.93. The molecule has 5 heteroatoms. The summed E-state index contributed by atoms with van der Waals surface area (Å²) in [7, 11) is 0. The first kappa shape index (κ1) is 13.9. The van der Waals surface area contributed by atoms with Gasteiger partial charge in [-0.05, 0) is 48.9 Å². The Kier molecular flexibility index (Phi) is 3.92. The maximum atomic E-state index is 12.1. The number of hydrogen-bond donors (Lipinski definition) is 2. The first-order chi connectivity index (χ1) is 9.51. The molecule has 0 heterocycles. The van der Waals surface area contributed by atoms with Gasteiger partial charge in [-0.3, -0.25) is 4.79 Å². The number of nitriles is 1. The molecular weight excluding hydrogens is 274 g/mol. The van der Waals surface area contributed by atoms with Gasteiger partial charge in [-0.1, -0.05) is 11.6 Å². The minimum Gasteiger partial charge on any atom is -0.399 e. The summed E-state index contributed by atoms with van der Waals surface area (Å²) in [5, 5.41) is 11.8. The number of nitrogens with one attached hydrogen (secondary N) is 1. The summed E-state index contributed by atoms with van der Waals surface area (Å²) in [6, 6.07) is 11.7. The summed E-state index contributed by atoms with van der Waals surface area (Å²) in [4.78, 5) is 12.1. The van der Waals surface area contributed by atoms with Crippen molar-refractivity contribution in [1.82, 2.24) is 0 Å². The van der Waals surface area contributed by atoms with Crippen LogP contribution in [0.25, 0.3) is 0 Å². The molecule has 0 saturated carbocycles. The van der Waals surface area contributed by atoms with Gasteiger partial charge in [0, 0.05) is 11.3 Å². The minimum absolute atomic E-state index is 0.278. The van der Waals surface area contributed by atoms with E-state index in [4.69, 9.17) is 22.6 Å². The molecule has 0 aliphatic rings. The second kappa shape index (κ2) is 5.64. The van der Waals surface area contributed by atoms with E-state index in [1.807, 2.05) is 13.0 Å². The van der Waals surface area contributed by atoms with Gasteiger partial charge in [-0.25, -0.2) is 0 Å². The van der Waals surface area contributed by atoms with Crippen molar-refractivity contribution >= 4 is 28.9 Å². The molecule has 0 aliphatic carbocycles. The lowest BCUT2D eigenvalue weighted by Gasteiger charge is -2.08. The number of carbonyl (C=O) groups is 1. The van der Waals surface area contributed by atoms with E-state index in [1.165, 1.54) is 6.07 Å². The number of nitrogens with two attached hydrogens (primary N) is 1. The van der Waals surface area contributed by atoms with Gasteiger partial charge in [0.2, 0.25) is 0 Å². The molecule has 0 atom stereocenters. The molecule has 2 rings (SSSR count). The van der Waals surface area contributed by atoms with Crippen molar-refractivity contribution in [3.8, 4) is 6.07 Å². The van der Waals surface area contributed by atoms with E-state index >= 15 is 0 Å². The summed E-state index contributed by atoms with van der Waals surface area (Å²) in [5.41, 5.74) is 8.59. The Morgan fingerprint density at radius 3 is 2.65 bits per heavy atom. The molecule has 100 valence electrons. The highest BCUT2D eigenvalue weighted by Gasteiger charge is 2.10. The van der Waals surface area contributed by atoms with Gasteiger partial charge >= 0.3 is 0 Å². The summed E-state index contributed by atoms with van der Waals surface area (Å²) in [6.45, 7) is 1.83. The van der Waals surface area contributed by atoms with E-state index in [1.54, 1.807) is 30.3 Å². The summed E-state index contributed by atoms with van der Waals surface area (Å²) >= 11 is 6.01. The summed E-state index contributed by atoms with van der Waals surface area (Å²) < 4.78 is 0. The molecule has 0 radical (unpaired) electrons. The third kappa shape index (κ3) is 2.90. The van der Waals surface area contributed by atoms with Crippen LogP contribution in [0.15, 0.2) is 36.4 Å². The Balaban J connectivity index is 2.23. The van der Waals surface area contributed by atoms with Crippen molar-refractivity contribution < 1.29 is 4.79 Å². The van der Waals surface area contributed by atoms with Crippen molar-refractivity contribution in [2.45, 2.75) is 6.92 Å². The molecular formula is C15H12ClN3O. The van der Waals surface area contributed by atoms with Crippen molar-refractivity contribution in [2.75, 3.05) is 11.1 Å². The summed E-state index contributed by atoms with van der Waals surface area (Å²) in [6.07, 6.45) is 0. The zero-order chi connectivity index (χ0) is 14.7. The molecule has 0 aliphatic heterocycles. The van der Waals surface area contributed by atoms with Crippen molar-refractivity contribution in [2.24, 2.45) is 0 Å². The number of carbonyl (C=O) groups excluding carboxylic acids is 1. The third-order valence-electron chi connectivity index (χ3n) is 2.88. The van der Waals surface area contributed by atoms with Crippen LogP contribution < -0.4 is 11.1 Å². The maximum Gasteiger partial charge on any atom is 0.255 e. The molecule has 1 amide bonds. The Morgan fingerprint density at radius 2 is 2.05 bits per heavy atom. The SMILES string of the molecule is Cc1cc(C(=O)Nc2ccc(C#N)cc2Cl)ccc1N. The van der Waals surface area contributed by atoms with Crippen molar-refractivity contribution in [3.05, 3.63) is 58.1 Å². The molecule has 0 bridgehead atoms. The normalized spacial score (nSPS) is 9.85. The second-order valence-corrected chi connectivity index (χ2v) is 4.74. The summed E-state index contributed by atoms with van der Waals surface area (Å²) in [5.74, 6) is -0.278. The molecule has 2 aromatic rings. The van der Waals surface area contributed by atoms with E-state index in [-0.39, 0.29) is 5.91 Å². The molecule has 0 unspecified atom stereocenters. The standard InChI is InChI=1S/C15H12ClN3O/c1-9-6-11(3-4-13(9)18)15(20)19-14-5-2-10(8-17)7-12(14)16/h2-7H,18H2,1H3,(H,19,20). The zero-order valence-electron chi connectivity index (χ0n) is 10.8. The number of nitrogens with zero attached hydrogens (tertiary/aromatic N) is 1. The number of halogens is 1. The van der Waals surface area contributed by atoms with Crippen molar-refractivity contribution in [3.63, 3.8) is 0 Å². The smallest absolute Gasteiger partial charge is 0.255 e. The lowest BCUT2D eigenvalue weighted by molar-refractivity contribution is 0.102. The lowest BCUT2D eigenvalue weighted by atomic mass is 10.1. The van der Waals surface area contributed by atoms with Crippen LogP contribution >= 0.6 is 11.6 Å². The van der Waals surface area contributed by atoms with Gasteiger partial charge in [0.25, 0.3) is 5.91 Å². The number of anilines is 2. The number of aryl methyl sites for hydroxylation is 1. The largest absolute Gasteiger partial charge is 0.399 e. The topological polar surface area (TPSA) is 78.9 Å². The van der Waals surface area contributed by atoms with Gasteiger partial charge in [-0.15, -0.1) is 0 Å². The lowest BCUT2D eigenvalue weighted by Crippen LogP contribution is -2.12. The number of amides is 1.